The summed E-state index contributed by atoms with van der Waals surface area (Å²) in [6, 6.07) is 5.80. The van der Waals surface area contributed by atoms with Crippen molar-refractivity contribution in [1.29, 1.82) is 0 Å². The molecule has 0 fully saturated rings. The van der Waals surface area contributed by atoms with Crippen LogP contribution in [0.4, 0.5) is 10.8 Å². The Labute approximate surface area is 116 Å². The fourth-order valence-electron chi connectivity index (χ4n) is 1.70. The van der Waals surface area contributed by atoms with Crippen LogP contribution < -0.4 is 5.32 Å². The first-order chi connectivity index (χ1) is 9.13. The number of aromatic nitrogens is 2. The lowest BCUT2D eigenvalue weighted by atomic mass is 10.3. The second kappa shape index (κ2) is 4.60. The van der Waals surface area contributed by atoms with Crippen LogP contribution >= 0.6 is 22.7 Å². The smallest absolute Gasteiger partial charge is 0.347 e. The van der Waals surface area contributed by atoms with Gasteiger partial charge in [0.1, 0.15) is 4.88 Å². The van der Waals surface area contributed by atoms with Gasteiger partial charge in [-0.25, -0.2) is 14.8 Å². The van der Waals surface area contributed by atoms with Gasteiger partial charge in [-0.15, -0.1) is 11.3 Å². The fourth-order valence-corrected chi connectivity index (χ4v) is 3.25. The number of anilines is 2. The summed E-state index contributed by atoms with van der Waals surface area (Å²) < 4.78 is 1.08. The van der Waals surface area contributed by atoms with E-state index < -0.39 is 5.97 Å². The minimum Gasteiger partial charge on any atom is -0.477 e. The largest absolute Gasteiger partial charge is 0.477 e. The maximum atomic E-state index is 11.0. The van der Waals surface area contributed by atoms with Gasteiger partial charge in [-0.3, -0.25) is 0 Å². The molecule has 7 heteroatoms. The minimum absolute atomic E-state index is 0.265. The molecule has 2 heterocycles. The SMILES string of the molecule is Cc1nc(Nc2ccc3ncsc3c2)sc1C(=O)O. The Kier molecular flexibility index (Phi) is 2.92. The number of carboxylic acid groups (broad SMARTS) is 1. The van der Waals surface area contributed by atoms with Gasteiger partial charge < -0.3 is 10.4 Å². The molecule has 2 aromatic heterocycles. The lowest BCUT2D eigenvalue weighted by Crippen LogP contribution is -1.94. The summed E-state index contributed by atoms with van der Waals surface area (Å²) in [6.45, 7) is 1.69. The number of benzene rings is 1. The monoisotopic (exact) mass is 291 g/mol. The van der Waals surface area contributed by atoms with E-state index in [1.54, 1.807) is 23.8 Å². The van der Waals surface area contributed by atoms with Crippen molar-refractivity contribution in [2.24, 2.45) is 0 Å². The van der Waals surface area contributed by atoms with Crippen molar-refractivity contribution in [3.05, 3.63) is 34.3 Å². The van der Waals surface area contributed by atoms with E-state index in [9.17, 15) is 4.79 Å². The van der Waals surface area contributed by atoms with Crippen LogP contribution in [0.5, 0.6) is 0 Å². The van der Waals surface area contributed by atoms with Crippen LogP contribution in [0.1, 0.15) is 15.4 Å². The average Bonchev–Trinajstić information content (AvgIpc) is 2.95. The van der Waals surface area contributed by atoms with Gasteiger partial charge in [0, 0.05) is 5.69 Å². The summed E-state index contributed by atoms with van der Waals surface area (Å²) >= 11 is 2.70. The molecular weight excluding hydrogens is 282 g/mol. The summed E-state index contributed by atoms with van der Waals surface area (Å²) in [6.07, 6.45) is 0. The van der Waals surface area contributed by atoms with Crippen LogP contribution in [0.2, 0.25) is 0 Å². The standard InChI is InChI=1S/C12H9N3O2S2/c1-6-10(11(16)17)19-12(14-6)15-7-2-3-8-9(4-7)18-5-13-8/h2-5H,1H3,(H,14,15)(H,16,17). The molecule has 0 radical (unpaired) electrons. The van der Waals surface area contributed by atoms with E-state index in [1.165, 1.54) is 0 Å². The number of aryl methyl sites for hydroxylation is 1. The van der Waals surface area contributed by atoms with Gasteiger partial charge in [0.2, 0.25) is 0 Å². The second-order valence-corrected chi connectivity index (χ2v) is 5.78. The normalized spacial score (nSPS) is 10.8. The number of rotatable bonds is 3. The van der Waals surface area contributed by atoms with Crippen LogP contribution in [-0.2, 0) is 0 Å². The number of nitrogens with one attached hydrogen (secondary N) is 1. The van der Waals surface area contributed by atoms with Gasteiger partial charge in [0.05, 0.1) is 21.4 Å². The molecule has 0 unspecified atom stereocenters. The van der Waals surface area contributed by atoms with Crippen molar-refractivity contribution in [1.82, 2.24) is 9.97 Å². The van der Waals surface area contributed by atoms with E-state index in [0.717, 1.165) is 27.2 Å². The van der Waals surface area contributed by atoms with E-state index in [4.69, 9.17) is 5.11 Å². The highest BCUT2D eigenvalue weighted by Gasteiger charge is 2.14. The molecule has 0 aliphatic carbocycles. The first-order valence-electron chi connectivity index (χ1n) is 5.44. The van der Waals surface area contributed by atoms with E-state index >= 15 is 0 Å². The number of hydrogen-bond acceptors (Lipinski definition) is 6. The van der Waals surface area contributed by atoms with Crippen molar-refractivity contribution in [3.8, 4) is 0 Å². The Bertz CT molecular complexity index is 763. The summed E-state index contributed by atoms with van der Waals surface area (Å²) in [5.74, 6) is -0.944. The third-order valence-electron chi connectivity index (χ3n) is 2.57. The van der Waals surface area contributed by atoms with Crippen molar-refractivity contribution < 1.29 is 9.90 Å². The maximum absolute atomic E-state index is 11.0. The van der Waals surface area contributed by atoms with Gasteiger partial charge in [0.25, 0.3) is 0 Å². The van der Waals surface area contributed by atoms with E-state index in [1.807, 2.05) is 18.2 Å². The Morgan fingerprint density at radius 2 is 2.26 bits per heavy atom. The van der Waals surface area contributed by atoms with E-state index in [-0.39, 0.29) is 4.88 Å². The molecule has 0 saturated heterocycles. The van der Waals surface area contributed by atoms with Crippen molar-refractivity contribution in [2.75, 3.05) is 5.32 Å². The molecular formula is C12H9N3O2S2. The fraction of sp³-hybridized carbons (Fsp3) is 0.0833. The number of fused-ring (bicyclic) bond motifs is 1. The molecule has 19 heavy (non-hydrogen) atoms. The van der Waals surface area contributed by atoms with Gasteiger partial charge in [-0.2, -0.15) is 0 Å². The predicted octanol–water partition coefficient (Wildman–Crippen LogP) is 3.50. The Hall–Kier alpha value is -1.99. The molecule has 0 spiro atoms. The molecule has 0 atom stereocenters. The van der Waals surface area contributed by atoms with Gasteiger partial charge >= 0.3 is 5.97 Å². The van der Waals surface area contributed by atoms with E-state index in [0.29, 0.717) is 10.8 Å². The molecule has 0 amide bonds. The zero-order valence-electron chi connectivity index (χ0n) is 9.88. The predicted molar refractivity (Wildman–Crippen MR) is 76.7 cm³/mol. The molecule has 0 saturated carbocycles. The van der Waals surface area contributed by atoms with Gasteiger partial charge in [-0.05, 0) is 25.1 Å². The van der Waals surface area contributed by atoms with Crippen molar-refractivity contribution in [3.63, 3.8) is 0 Å². The Balaban J connectivity index is 1.91. The Morgan fingerprint density at radius 1 is 1.42 bits per heavy atom. The number of aromatic carboxylic acids is 1. The summed E-state index contributed by atoms with van der Waals surface area (Å²) in [4.78, 5) is 19.6. The number of hydrogen-bond donors (Lipinski definition) is 2. The highest BCUT2D eigenvalue weighted by molar-refractivity contribution is 7.17. The van der Waals surface area contributed by atoms with Crippen LogP contribution in [-0.4, -0.2) is 21.0 Å². The lowest BCUT2D eigenvalue weighted by Gasteiger charge is -2.01. The van der Waals surface area contributed by atoms with Crippen LogP contribution in [0.3, 0.4) is 0 Å². The van der Waals surface area contributed by atoms with Crippen molar-refractivity contribution in [2.45, 2.75) is 6.92 Å². The van der Waals surface area contributed by atoms with Crippen LogP contribution in [0.25, 0.3) is 10.2 Å². The number of nitrogens with zero attached hydrogens (tertiary/aromatic N) is 2. The molecule has 96 valence electrons. The number of carboxylic acids is 1. The first kappa shape index (κ1) is 12.1. The van der Waals surface area contributed by atoms with Crippen LogP contribution in [0, 0.1) is 6.92 Å². The van der Waals surface area contributed by atoms with Gasteiger partial charge in [0.15, 0.2) is 5.13 Å². The minimum atomic E-state index is -0.944. The number of carbonyl (C=O) groups is 1. The molecule has 3 aromatic rings. The molecule has 0 aliphatic heterocycles. The van der Waals surface area contributed by atoms with Crippen molar-refractivity contribution >= 4 is 49.7 Å². The lowest BCUT2D eigenvalue weighted by molar-refractivity contribution is 0.0701. The summed E-state index contributed by atoms with van der Waals surface area (Å²) in [5, 5.41) is 12.7. The number of thiazole rings is 2. The molecule has 5 nitrogen and oxygen atoms in total. The summed E-state index contributed by atoms with van der Waals surface area (Å²) in [7, 11) is 0. The van der Waals surface area contributed by atoms with Crippen LogP contribution in [0.15, 0.2) is 23.7 Å². The van der Waals surface area contributed by atoms with Gasteiger partial charge in [-0.1, -0.05) is 11.3 Å². The third kappa shape index (κ3) is 2.29. The second-order valence-electron chi connectivity index (χ2n) is 3.90. The topological polar surface area (TPSA) is 75.1 Å². The molecule has 0 aliphatic rings. The van der Waals surface area contributed by atoms with E-state index in [2.05, 4.69) is 15.3 Å². The summed E-state index contributed by atoms with van der Waals surface area (Å²) in [5.41, 5.74) is 4.16. The zero-order valence-corrected chi connectivity index (χ0v) is 11.5. The highest BCUT2D eigenvalue weighted by atomic mass is 32.1. The average molecular weight is 291 g/mol. The quantitative estimate of drug-likeness (QED) is 0.772. The third-order valence-corrected chi connectivity index (χ3v) is 4.43. The molecule has 2 N–H and O–H groups in total. The highest BCUT2D eigenvalue weighted by Crippen LogP contribution is 2.28. The molecule has 3 rings (SSSR count). The first-order valence-corrected chi connectivity index (χ1v) is 7.14. The Morgan fingerprint density at radius 3 is 3.00 bits per heavy atom. The molecule has 0 bridgehead atoms. The zero-order chi connectivity index (χ0) is 13.4. The molecule has 1 aromatic carbocycles. The maximum Gasteiger partial charge on any atom is 0.347 e.